The number of nitrogens with one attached hydrogen (secondary N) is 2. The summed E-state index contributed by atoms with van der Waals surface area (Å²) in [5.74, 6) is 2.17. The van der Waals surface area contributed by atoms with Crippen molar-refractivity contribution in [3.8, 4) is 0 Å². The second-order valence-electron chi connectivity index (χ2n) is 5.92. The van der Waals surface area contributed by atoms with Gasteiger partial charge < -0.3 is 10.2 Å². The van der Waals surface area contributed by atoms with Crippen LogP contribution in [0.25, 0.3) is 0 Å². The molecule has 22 heavy (non-hydrogen) atoms. The lowest BCUT2D eigenvalue weighted by Crippen LogP contribution is -2.51. The van der Waals surface area contributed by atoms with Crippen molar-refractivity contribution >= 4 is 27.7 Å². The zero-order valence-corrected chi connectivity index (χ0v) is 15.8. The molecule has 0 saturated carbocycles. The Balaban J connectivity index is 2.48. The molecule has 130 valence electrons. The number of hydrogen-bond acceptors (Lipinski definition) is 4. The number of nitrogens with zero attached hydrogens (tertiary/aromatic N) is 2. The first-order chi connectivity index (χ1) is 10.3. The van der Waals surface area contributed by atoms with E-state index in [9.17, 15) is 8.42 Å². The van der Waals surface area contributed by atoms with Crippen LogP contribution in [0, 0.1) is 0 Å². The molecule has 2 N–H and O–H groups in total. The van der Waals surface area contributed by atoms with Crippen LogP contribution in [-0.4, -0.2) is 68.3 Å². The molecule has 0 atom stereocenters. The Morgan fingerprint density at radius 3 is 2.68 bits per heavy atom. The standard InChI is InChI=1S/C14H30N4O2S2/c1-5-15-13(18-10-11-21-14(3,4)12-18)16-8-7-9-17-22(19,20)6-2/h17H,5-12H2,1-4H3,(H,15,16). The maximum absolute atomic E-state index is 11.3. The maximum Gasteiger partial charge on any atom is 0.211 e. The molecule has 0 amide bonds. The molecule has 1 rings (SSSR count). The first-order valence-electron chi connectivity index (χ1n) is 7.94. The van der Waals surface area contributed by atoms with Gasteiger partial charge in [-0.25, -0.2) is 13.1 Å². The van der Waals surface area contributed by atoms with Crippen LogP contribution in [0.3, 0.4) is 0 Å². The third-order valence-electron chi connectivity index (χ3n) is 3.36. The van der Waals surface area contributed by atoms with E-state index in [-0.39, 0.29) is 10.5 Å². The van der Waals surface area contributed by atoms with Crippen molar-refractivity contribution in [2.75, 3.05) is 44.2 Å². The fraction of sp³-hybridized carbons (Fsp3) is 0.929. The van der Waals surface area contributed by atoms with Crippen LogP contribution in [0.2, 0.25) is 0 Å². The summed E-state index contributed by atoms with van der Waals surface area (Å²) in [4.78, 5) is 6.94. The molecule has 0 aromatic rings. The molecule has 1 heterocycles. The van der Waals surface area contributed by atoms with E-state index in [1.807, 2.05) is 11.8 Å². The molecule has 0 aromatic carbocycles. The van der Waals surface area contributed by atoms with Gasteiger partial charge in [-0.2, -0.15) is 11.8 Å². The van der Waals surface area contributed by atoms with Gasteiger partial charge in [-0.1, -0.05) is 0 Å². The van der Waals surface area contributed by atoms with Gasteiger partial charge in [0.05, 0.1) is 5.75 Å². The van der Waals surface area contributed by atoms with E-state index < -0.39 is 10.0 Å². The first kappa shape index (κ1) is 19.6. The number of guanidine groups is 1. The molecular weight excluding hydrogens is 320 g/mol. The maximum atomic E-state index is 11.3. The Bertz CT molecular complexity index is 463. The van der Waals surface area contributed by atoms with E-state index in [0.29, 0.717) is 19.5 Å². The Morgan fingerprint density at radius 2 is 2.09 bits per heavy atom. The van der Waals surface area contributed by atoms with Crippen molar-refractivity contribution in [2.24, 2.45) is 4.99 Å². The van der Waals surface area contributed by atoms with Crippen LogP contribution >= 0.6 is 11.8 Å². The Hall–Kier alpha value is -0.470. The van der Waals surface area contributed by atoms with Gasteiger partial charge in [-0.3, -0.25) is 4.99 Å². The summed E-state index contributed by atoms with van der Waals surface area (Å²) in [6.07, 6.45) is 0.708. The molecule has 0 aliphatic carbocycles. The van der Waals surface area contributed by atoms with Crippen molar-refractivity contribution < 1.29 is 8.42 Å². The predicted molar refractivity (Wildman–Crippen MR) is 96.2 cm³/mol. The molecule has 8 heteroatoms. The van der Waals surface area contributed by atoms with Crippen molar-refractivity contribution in [3.05, 3.63) is 0 Å². The largest absolute Gasteiger partial charge is 0.357 e. The van der Waals surface area contributed by atoms with E-state index in [0.717, 1.165) is 31.3 Å². The third kappa shape index (κ3) is 7.19. The lowest BCUT2D eigenvalue weighted by molar-refractivity contribution is 0.376. The van der Waals surface area contributed by atoms with Crippen molar-refractivity contribution in [2.45, 2.75) is 38.9 Å². The van der Waals surface area contributed by atoms with E-state index in [4.69, 9.17) is 0 Å². The smallest absolute Gasteiger partial charge is 0.211 e. The highest BCUT2D eigenvalue weighted by Crippen LogP contribution is 2.29. The summed E-state index contributed by atoms with van der Waals surface area (Å²) in [5.41, 5.74) is 0. The number of aliphatic imine (C=N–C) groups is 1. The molecule has 6 nitrogen and oxygen atoms in total. The first-order valence-corrected chi connectivity index (χ1v) is 10.6. The number of rotatable bonds is 7. The van der Waals surface area contributed by atoms with Gasteiger partial charge in [0.2, 0.25) is 10.0 Å². The van der Waals surface area contributed by atoms with Crippen LogP contribution < -0.4 is 10.0 Å². The fourth-order valence-corrected chi connectivity index (χ4v) is 3.99. The van der Waals surface area contributed by atoms with E-state index in [1.54, 1.807) is 6.92 Å². The molecule has 1 aliphatic heterocycles. The van der Waals surface area contributed by atoms with Crippen molar-refractivity contribution in [3.63, 3.8) is 0 Å². The molecule has 0 spiro atoms. The number of hydrogen-bond donors (Lipinski definition) is 2. The van der Waals surface area contributed by atoms with Crippen LogP contribution in [0.5, 0.6) is 0 Å². The molecule has 0 bridgehead atoms. The van der Waals surface area contributed by atoms with Gasteiger partial charge >= 0.3 is 0 Å². The summed E-state index contributed by atoms with van der Waals surface area (Å²) in [6, 6.07) is 0. The van der Waals surface area contributed by atoms with Crippen LogP contribution in [0.15, 0.2) is 4.99 Å². The second kappa shape index (κ2) is 8.98. The molecule has 0 aromatic heterocycles. The van der Waals surface area contributed by atoms with Crippen LogP contribution in [0.1, 0.15) is 34.1 Å². The highest BCUT2D eigenvalue weighted by Gasteiger charge is 2.28. The summed E-state index contributed by atoms with van der Waals surface area (Å²) in [5, 5.41) is 3.34. The average Bonchev–Trinajstić information content (AvgIpc) is 2.44. The minimum Gasteiger partial charge on any atom is -0.357 e. The summed E-state index contributed by atoms with van der Waals surface area (Å²) in [6.45, 7) is 12.1. The molecule has 1 aliphatic rings. The SMILES string of the molecule is CCNC(=NCCCNS(=O)(=O)CC)N1CCSC(C)(C)C1. The monoisotopic (exact) mass is 350 g/mol. The van der Waals surface area contributed by atoms with E-state index in [1.165, 1.54) is 0 Å². The van der Waals surface area contributed by atoms with Gasteiger partial charge in [0.25, 0.3) is 0 Å². The van der Waals surface area contributed by atoms with Gasteiger partial charge in [0.1, 0.15) is 0 Å². The Labute approximate surface area is 139 Å². The van der Waals surface area contributed by atoms with Crippen LogP contribution in [-0.2, 0) is 10.0 Å². The zero-order chi connectivity index (χ0) is 16.6. The normalized spacial score (nSPS) is 19.3. The molecular formula is C14H30N4O2S2. The second-order valence-corrected chi connectivity index (χ2v) is 9.81. The molecule has 1 fully saturated rings. The summed E-state index contributed by atoms with van der Waals surface area (Å²) in [7, 11) is -3.09. The Morgan fingerprint density at radius 1 is 1.36 bits per heavy atom. The minimum atomic E-state index is -3.09. The van der Waals surface area contributed by atoms with Gasteiger partial charge in [0.15, 0.2) is 5.96 Å². The summed E-state index contributed by atoms with van der Waals surface area (Å²) >= 11 is 2.00. The quantitative estimate of drug-likeness (QED) is 0.409. The summed E-state index contributed by atoms with van der Waals surface area (Å²) < 4.78 is 25.5. The lowest BCUT2D eigenvalue weighted by Gasteiger charge is -2.39. The van der Waals surface area contributed by atoms with E-state index >= 15 is 0 Å². The number of thioether (sulfide) groups is 1. The fourth-order valence-electron chi connectivity index (χ4n) is 2.22. The lowest BCUT2D eigenvalue weighted by atomic mass is 10.2. The topological polar surface area (TPSA) is 73.8 Å². The Kier molecular flexibility index (Phi) is 7.99. The molecule has 0 radical (unpaired) electrons. The molecule has 1 saturated heterocycles. The van der Waals surface area contributed by atoms with Crippen molar-refractivity contribution in [1.29, 1.82) is 0 Å². The average molecular weight is 351 g/mol. The number of sulfonamides is 1. The van der Waals surface area contributed by atoms with Crippen LogP contribution in [0.4, 0.5) is 0 Å². The zero-order valence-electron chi connectivity index (χ0n) is 14.2. The third-order valence-corrected chi connectivity index (χ3v) is 6.06. The van der Waals surface area contributed by atoms with Gasteiger partial charge in [-0.15, -0.1) is 0 Å². The highest BCUT2D eigenvalue weighted by molar-refractivity contribution is 8.00. The van der Waals surface area contributed by atoms with Gasteiger partial charge in [-0.05, 0) is 34.1 Å². The minimum absolute atomic E-state index is 0.124. The van der Waals surface area contributed by atoms with Gasteiger partial charge in [0, 0.05) is 43.2 Å². The highest BCUT2D eigenvalue weighted by atomic mass is 32.2. The molecule has 0 unspecified atom stereocenters. The van der Waals surface area contributed by atoms with E-state index in [2.05, 4.69) is 40.7 Å². The predicted octanol–water partition coefficient (Wildman–Crippen LogP) is 1.11. The van der Waals surface area contributed by atoms with Crippen molar-refractivity contribution in [1.82, 2.24) is 14.9 Å².